The Morgan fingerprint density at radius 3 is 2.95 bits per heavy atom. The number of fused-ring (bicyclic) bond motifs is 1. The van der Waals surface area contributed by atoms with Crippen LogP contribution < -0.4 is 5.32 Å². The first-order valence-corrected chi connectivity index (χ1v) is 8.09. The van der Waals surface area contributed by atoms with Gasteiger partial charge in [-0.15, -0.1) is 0 Å². The van der Waals surface area contributed by atoms with Gasteiger partial charge < -0.3 is 9.88 Å². The Hall–Kier alpha value is -1.26. The number of hydrogen-bond acceptors (Lipinski definition) is 2. The molecule has 1 atom stereocenters. The van der Waals surface area contributed by atoms with Crippen LogP contribution >= 0.6 is 11.6 Å². The summed E-state index contributed by atoms with van der Waals surface area (Å²) in [6.45, 7) is 5.71. The number of rotatable bonds is 4. The molecule has 114 valence electrons. The lowest BCUT2D eigenvalue weighted by Crippen LogP contribution is -2.20. The SMILES string of the molecule is CCn1nc(C)c(Cl)c1Cn1cc2c(c1)C(NC)CCC2. The van der Waals surface area contributed by atoms with Gasteiger partial charge in [-0.25, -0.2) is 0 Å². The van der Waals surface area contributed by atoms with E-state index in [1.807, 2.05) is 18.7 Å². The molecule has 0 saturated carbocycles. The zero-order valence-corrected chi connectivity index (χ0v) is 13.7. The van der Waals surface area contributed by atoms with E-state index in [0.29, 0.717) is 6.04 Å². The van der Waals surface area contributed by atoms with E-state index in [2.05, 4.69) is 34.3 Å². The lowest BCUT2D eigenvalue weighted by molar-refractivity contribution is 0.498. The molecule has 2 heterocycles. The maximum absolute atomic E-state index is 6.42. The van der Waals surface area contributed by atoms with Gasteiger partial charge in [-0.3, -0.25) is 4.68 Å². The third-order valence-corrected chi connectivity index (χ3v) is 4.94. The van der Waals surface area contributed by atoms with E-state index in [9.17, 15) is 0 Å². The summed E-state index contributed by atoms with van der Waals surface area (Å²) in [6, 6.07) is 0.489. The molecule has 3 rings (SSSR count). The number of aryl methyl sites for hydroxylation is 3. The first-order chi connectivity index (χ1) is 10.1. The second-order valence-corrected chi connectivity index (χ2v) is 6.18. The lowest BCUT2D eigenvalue weighted by Gasteiger charge is -2.21. The molecule has 0 spiro atoms. The normalized spacial score (nSPS) is 18.0. The van der Waals surface area contributed by atoms with Crippen LogP contribution in [0.1, 0.15) is 48.3 Å². The van der Waals surface area contributed by atoms with Crippen LogP contribution in [-0.2, 0) is 19.5 Å². The minimum atomic E-state index is 0.489. The summed E-state index contributed by atoms with van der Waals surface area (Å²) in [7, 11) is 2.05. The summed E-state index contributed by atoms with van der Waals surface area (Å²) in [5.74, 6) is 0. The second kappa shape index (κ2) is 5.85. The van der Waals surface area contributed by atoms with E-state index >= 15 is 0 Å². The highest BCUT2D eigenvalue weighted by atomic mass is 35.5. The van der Waals surface area contributed by atoms with Gasteiger partial charge in [-0.1, -0.05) is 11.6 Å². The highest BCUT2D eigenvalue weighted by Crippen LogP contribution is 2.31. The summed E-state index contributed by atoms with van der Waals surface area (Å²) in [4.78, 5) is 0. The molecule has 0 radical (unpaired) electrons. The first-order valence-electron chi connectivity index (χ1n) is 7.71. The monoisotopic (exact) mass is 306 g/mol. The van der Waals surface area contributed by atoms with Crippen molar-refractivity contribution >= 4 is 11.6 Å². The van der Waals surface area contributed by atoms with Crippen molar-refractivity contribution < 1.29 is 0 Å². The fraction of sp³-hybridized carbons (Fsp3) is 0.562. The molecule has 2 aromatic heterocycles. The molecule has 2 aromatic rings. The van der Waals surface area contributed by atoms with Crippen LogP contribution in [0.3, 0.4) is 0 Å². The summed E-state index contributed by atoms with van der Waals surface area (Å²) in [6.07, 6.45) is 8.21. The third-order valence-electron chi connectivity index (χ3n) is 4.45. The van der Waals surface area contributed by atoms with Crippen molar-refractivity contribution in [1.82, 2.24) is 19.7 Å². The Kier molecular flexibility index (Phi) is 4.09. The van der Waals surface area contributed by atoms with Gasteiger partial charge in [0.15, 0.2) is 0 Å². The molecular formula is C16H23ClN4. The molecule has 4 nitrogen and oxygen atoms in total. The average molecular weight is 307 g/mol. The number of nitrogens with one attached hydrogen (secondary N) is 1. The van der Waals surface area contributed by atoms with Gasteiger partial charge in [0.05, 0.1) is 23.0 Å². The fourth-order valence-electron chi connectivity index (χ4n) is 3.33. The fourth-order valence-corrected chi connectivity index (χ4v) is 3.53. The molecule has 1 unspecified atom stereocenters. The van der Waals surface area contributed by atoms with Crippen molar-refractivity contribution in [3.8, 4) is 0 Å². The van der Waals surface area contributed by atoms with E-state index in [4.69, 9.17) is 11.6 Å². The molecule has 1 aliphatic rings. The zero-order valence-electron chi connectivity index (χ0n) is 13.0. The number of nitrogens with zero attached hydrogens (tertiary/aromatic N) is 3. The van der Waals surface area contributed by atoms with Gasteiger partial charge in [0.1, 0.15) is 0 Å². The molecule has 0 amide bonds. The molecule has 1 N–H and O–H groups in total. The molecular weight excluding hydrogens is 284 g/mol. The predicted molar refractivity (Wildman–Crippen MR) is 85.9 cm³/mol. The summed E-state index contributed by atoms with van der Waals surface area (Å²) >= 11 is 6.42. The minimum Gasteiger partial charge on any atom is -0.348 e. The van der Waals surface area contributed by atoms with Gasteiger partial charge in [-0.2, -0.15) is 5.10 Å². The van der Waals surface area contributed by atoms with Crippen molar-refractivity contribution in [2.24, 2.45) is 0 Å². The van der Waals surface area contributed by atoms with Crippen molar-refractivity contribution in [3.05, 3.63) is 39.9 Å². The zero-order chi connectivity index (χ0) is 15.0. The van der Waals surface area contributed by atoms with E-state index in [-0.39, 0.29) is 0 Å². The molecule has 0 saturated heterocycles. The number of hydrogen-bond donors (Lipinski definition) is 1. The topological polar surface area (TPSA) is 34.8 Å². The second-order valence-electron chi connectivity index (χ2n) is 5.81. The van der Waals surface area contributed by atoms with Crippen molar-refractivity contribution in [3.63, 3.8) is 0 Å². The number of halogens is 1. The molecule has 0 aromatic carbocycles. The van der Waals surface area contributed by atoms with Crippen LogP contribution in [0.25, 0.3) is 0 Å². The highest BCUT2D eigenvalue weighted by Gasteiger charge is 2.21. The van der Waals surface area contributed by atoms with Crippen molar-refractivity contribution in [2.45, 2.75) is 52.2 Å². The molecule has 5 heteroatoms. The summed E-state index contributed by atoms with van der Waals surface area (Å²) in [5.41, 5.74) is 4.93. The Bertz CT molecular complexity index is 641. The predicted octanol–water partition coefficient (Wildman–Crippen LogP) is 3.31. The van der Waals surface area contributed by atoms with E-state index in [0.717, 1.165) is 29.5 Å². The molecule has 21 heavy (non-hydrogen) atoms. The molecule has 1 aliphatic carbocycles. The van der Waals surface area contributed by atoms with Crippen molar-refractivity contribution in [2.75, 3.05) is 7.05 Å². The smallest absolute Gasteiger partial charge is 0.0865 e. The number of aromatic nitrogens is 3. The quantitative estimate of drug-likeness (QED) is 0.940. The average Bonchev–Trinajstić information content (AvgIpc) is 3.02. The van der Waals surface area contributed by atoms with E-state index in [1.165, 1.54) is 30.4 Å². The van der Waals surface area contributed by atoms with Gasteiger partial charge in [-0.05, 0) is 51.3 Å². The standard InChI is InChI=1S/C16H23ClN4/c1-4-21-15(16(17)11(2)19-21)10-20-8-12-6-5-7-14(18-3)13(12)9-20/h8-9,14,18H,4-7,10H2,1-3H3. The summed E-state index contributed by atoms with van der Waals surface area (Å²) < 4.78 is 4.26. The van der Waals surface area contributed by atoms with Gasteiger partial charge in [0.25, 0.3) is 0 Å². The van der Waals surface area contributed by atoms with Gasteiger partial charge in [0, 0.05) is 25.0 Å². The maximum Gasteiger partial charge on any atom is 0.0865 e. The Morgan fingerprint density at radius 2 is 2.24 bits per heavy atom. The largest absolute Gasteiger partial charge is 0.348 e. The van der Waals surface area contributed by atoms with Crippen LogP contribution in [0.2, 0.25) is 5.02 Å². The minimum absolute atomic E-state index is 0.489. The van der Waals surface area contributed by atoms with Gasteiger partial charge >= 0.3 is 0 Å². The Morgan fingerprint density at radius 1 is 1.43 bits per heavy atom. The Balaban J connectivity index is 1.91. The highest BCUT2D eigenvalue weighted by molar-refractivity contribution is 6.31. The summed E-state index contributed by atoms with van der Waals surface area (Å²) in [5, 5.41) is 8.71. The first kappa shape index (κ1) is 14.7. The molecule has 0 bridgehead atoms. The van der Waals surface area contributed by atoms with Gasteiger partial charge in [0.2, 0.25) is 0 Å². The molecule has 0 aliphatic heterocycles. The van der Waals surface area contributed by atoms with E-state index in [1.54, 1.807) is 0 Å². The maximum atomic E-state index is 6.42. The van der Waals surface area contributed by atoms with E-state index < -0.39 is 0 Å². The van der Waals surface area contributed by atoms with Crippen LogP contribution in [0.5, 0.6) is 0 Å². The third kappa shape index (κ3) is 2.62. The lowest BCUT2D eigenvalue weighted by atomic mass is 9.91. The van der Waals surface area contributed by atoms with Crippen LogP contribution in [0.4, 0.5) is 0 Å². The van der Waals surface area contributed by atoms with Crippen LogP contribution in [0.15, 0.2) is 12.4 Å². The van der Waals surface area contributed by atoms with Crippen LogP contribution in [-0.4, -0.2) is 21.4 Å². The van der Waals surface area contributed by atoms with Crippen LogP contribution in [0, 0.1) is 6.92 Å². The Labute approximate surface area is 131 Å². The molecule has 0 fully saturated rings. The van der Waals surface area contributed by atoms with Crippen molar-refractivity contribution in [1.29, 1.82) is 0 Å².